The zero-order valence-corrected chi connectivity index (χ0v) is 14.6. The Morgan fingerprint density at radius 3 is 2.35 bits per heavy atom. The van der Waals surface area contributed by atoms with Crippen molar-refractivity contribution in [1.29, 1.82) is 0 Å². The number of ketones is 1. The number of Topliss-reactive ketones (excluding diaryl/α,β-unsaturated/α-hetero) is 1. The van der Waals surface area contributed by atoms with Gasteiger partial charge in [0.05, 0.1) is 13.2 Å². The number of aryl methyl sites for hydroxylation is 1. The number of hydrogen-bond acceptors (Lipinski definition) is 5. The van der Waals surface area contributed by atoms with E-state index in [4.69, 9.17) is 14.6 Å². The quantitative estimate of drug-likeness (QED) is 0.499. The molecule has 0 aromatic heterocycles. The van der Waals surface area contributed by atoms with E-state index in [0.29, 0.717) is 37.6 Å². The summed E-state index contributed by atoms with van der Waals surface area (Å²) in [5, 5.41) is 18.4. The maximum atomic E-state index is 11.6. The Balaban J connectivity index is 1.75. The number of phenolic OH excluding ortho intramolecular Hbond substituents is 1. The molecule has 0 bridgehead atoms. The van der Waals surface area contributed by atoms with Crippen molar-refractivity contribution in [3.63, 3.8) is 0 Å². The summed E-state index contributed by atoms with van der Waals surface area (Å²) in [4.78, 5) is 22.1. The maximum absolute atomic E-state index is 11.6. The molecule has 0 spiro atoms. The number of aliphatic carboxylic acids is 1. The predicted octanol–water partition coefficient (Wildman–Crippen LogP) is 3.46. The van der Waals surface area contributed by atoms with E-state index in [-0.39, 0.29) is 23.5 Å². The first-order valence-electron chi connectivity index (χ1n) is 8.36. The first-order chi connectivity index (χ1) is 12.5. The Kier molecular flexibility index (Phi) is 7.02. The van der Waals surface area contributed by atoms with Crippen LogP contribution in [0, 0.1) is 0 Å². The summed E-state index contributed by atoms with van der Waals surface area (Å²) in [5.41, 5.74) is 1.13. The highest BCUT2D eigenvalue weighted by atomic mass is 16.5. The van der Waals surface area contributed by atoms with Crippen LogP contribution in [0.2, 0.25) is 0 Å². The number of benzene rings is 2. The van der Waals surface area contributed by atoms with E-state index < -0.39 is 5.97 Å². The fourth-order valence-electron chi connectivity index (χ4n) is 2.43. The molecule has 0 aliphatic carbocycles. The van der Waals surface area contributed by atoms with E-state index in [1.807, 2.05) is 12.1 Å². The summed E-state index contributed by atoms with van der Waals surface area (Å²) in [6.07, 6.45) is 1.20. The monoisotopic (exact) mass is 358 g/mol. The number of carbonyl (C=O) groups excluding carboxylic acids is 1. The smallest absolute Gasteiger partial charge is 0.303 e. The Labute approximate surface area is 152 Å². The van der Waals surface area contributed by atoms with E-state index in [9.17, 15) is 14.7 Å². The van der Waals surface area contributed by atoms with Gasteiger partial charge in [0, 0.05) is 12.8 Å². The molecular formula is C20H22O6. The largest absolute Gasteiger partial charge is 0.507 e. The molecule has 0 atom stereocenters. The van der Waals surface area contributed by atoms with Crippen LogP contribution in [0.25, 0.3) is 0 Å². The average molecular weight is 358 g/mol. The average Bonchev–Trinajstić information content (AvgIpc) is 2.60. The second-order valence-corrected chi connectivity index (χ2v) is 5.79. The predicted molar refractivity (Wildman–Crippen MR) is 96.1 cm³/mol. The number of carboxylic acids is 1. The minimum absolute atomic E-state index is 0.0887. The van der Waals surface area contributed by atoms with E-state index in [1.165, 1.54) is 13.0 Å². The van der Waals surface area contributed by atoms with Gasteiger partial charge in [-0.1, -0.05) is 18.2 Å². The molecule has 0 aliphatic heterocycles. The highest BCUT2D eigenvalue weighted by Gasteiger charge is 2.13. The van der Waals surface area contributed by atoms with Crippen LogP contribution in [-0.4, -0.2) is 35.2 Å². The summed E-state index contributed by atoms with van der Waals surface area (Å²) in [5.74, 6) is -0.0947. The third-order valence-electron chi connectivity index (χ3n) is 3.72. The zero-order chi connectivity index (χ0) is 18.9. The number of aromatic hydroxyl groups is 1. The third-order valence-corrected chi connectivity index (χ3v) is 3.72. The van der Waals surface area contributed by atoms with Crippen LogP contribution in [0.15, 0.2) is 42.5 Å². The molecule has 0 radical (unpaired) electrons. The van der Waals surface area contributed by atoms with Gasteiger partial charge in [0.25, 0.3) is 0 Å². The molecular weight excluding hydrogens is 336 g/mol. The number of carbonyl (C=O) groups is 2. The normalized spacial score (nSPS) is 10.3. The fraction of sp³-hybridized carbons (Fsp3) is 0.300. The van der Waals surface area contributed by atoms with Crippen molar-refractivity contribution < 1.29 is 29.3 Å². The summed E-state index contributed by atoms with van der Waals surface area (Å²) >= 11 is 0. The van der Waals surface area contributed by atoms with Crippen LogP contribution in [0.5, 0.6) is 17.2 Å². The van der Waals surface area contributed by atoms with Crippen molar-refractivity contribution in [3.8, 4) is 17.2 Å². The number of ether oxygens (including phenoxy) is 2. The van der Waals surface area contributed by atoms with Gasteiger partial charge >= 0.3 is 5.97 Å². The molecule has 0 fully saturated rings. The lowest BCUT2D eigenvalue weighted by Gasteiger charge is -2.11. The summed E-state index contributed by atoms with van der Waals surface area (Å²) in [6.45, 7) is 2.16. The molecule has 6 heteroatoms. The summed E-state index contributed by atoms with van der Waals surface area (Å²) < 4.78 is 11.2. The first kappa shape index (κ1) is 19.3. The molecule has 2 rings (SSSR count). The molecule has 0 unspecified atom stereocenters. The lowest BCUT2D eigenvalue weighted by atomic mass is 10.1. The first-order valence-corrected chi connectivity index (χ1v) is 8.36. The van der Waals surface area contributed by atoms with Crippen molar-refractivity contribution in [2.24, 2.45) is 0 Å². The Morgan fingerprint density at radius 1 is 1.00 bits per heavy atom. The van der Waals surface area contributed by atoms with Crippen molar-refractivity contribution >= 4 is 11.8 Å². The van der Waals surface area contributed by atoms with Gasteiger partial charge in [-0.15, -0.1) is 0 Å². The Bertz CT molecular complexity index is 751. The highest BCUT2D eigenvalue weighted by Crippen LogP contribution is 2.27. The summed E-state index contributed by atoms with van der Waals surface area (Å²) in [7, 11) is 0. The lowest BCUT2D eigenvalue weighted by Crippen LogP contribution is -2.07. The van der Waals surface area contributed by atoms with Gasteiger partial charge in [0.2, 0.25) is 0 Å². The van der Waals surface area contributed by atoms with Crippen molar-refractivity contribution in [2.45, 2.75) is 26.2 Å². The van der Waals surface area contributed by atoms with E-state index in [1.54, 1.807) is 24.3 Å². The van der Waals surface area contributed by atoms with Gasteiger partial charge < -0.3 is 19.7 Å². The number of hydrogen-bond donors (Lipinski definition) is 2. The molecule has 0 aliphatic rings. The van der Waals surface area contributed by atoms with Crippen molar-refractivity contribution in [1.82, 2.24) is 0 Å². The van der Waals surface area contributed by atoms with E-state index in [2.05, 4.69) is 0 Å². The lowest BCUT2D eigenvalue weighted by molar-refractivity contribution is -0.136. The molecule has 0 amide bonds. The van der Waals surface area contributed by atoms with Crippen molar-refractivity contribution in [2.75, 3.05) is 13.2 Å². The van der Waals surface area contributed by atoms with Gasteiger partial charge in [-0.25, -0.2) is 0 Å². The number of carboxylic acid groups (broad SMARTS) is 1. The molecule has 0 saturated carbocycles. The minimum atomic E-state index is -0.815. The number of rotatable bonds is 10. The highest BCUT2D eigenvalue weighted by molar-refractivity contribution is 5.99. The molecule has 6 nitrogen and oxygen atoms in total. The molecule has 2 N–H and O–H groups in total. The second kappa shape index (κ2) is 9.46. The topological polar surface area (TPSA) is 93.1 Å². The molecule has 0 saturated heterocycles. The van der Waals surface area contributed by atoms with Crippen LogP contribution in [0.4, 0.5) is 0 Å². The van der Waals surface area contributed by atoms with Crippen LogP contribution in [0.3, 0.4) is 0 Å². The minimum Gasteiger partial charge on any atom is -0.507 e. The molecule has 138 valence electrons. The zero-order valence-electron chi connectivity index (χ0n) is 14.6. The number of phenols is 1. The van der Waals surface area contributed by atoms with Crippen LogP contribution >= 0.6 is 0 Å². The molecule has 2 aromatic carbocycles. The van der Waals surface area contributed by atoms with Gasteiger partial charge in [-0.05, 0) is 43.2 Å². The molecule has 0 heterocycles. The molecule has 2 aromatic rings. The molecule has 26 heavy (non-hydrogen) atoms. The second-order valence-electron chi connectivity index (χ2n) is 5.79. The summed E-state index contributed by atoms with van der Waals surface area (Å²) in [6, 6.07) is 12.0. The van der Waals surface area contributed by atoms with Gasteiger partial charge in [-0.2, -0.15) is 0 Å². The Hall–Kier alpha value is -3.02. The van der Waals surface area contributed by atoms with Gasteiger partial charge in [0.1, 0.15) is 22.8 Å². The van der Waals surface area contributed by atoms with E-state index >= 15 is 0 Å². The Morgan fingerprint density at radius 2 is 1.69 bits per heavy atom. The maximum Gasteiger partial charge on any atom is 0.303 e. The van der Waals surface area contributed by atoms with Crippen molar-refractivity contribution in [3.05, 3.63) is 53.6 Å². The van der Waals surface area contributed by atoms with Gasteiger partial charge in [-0.3, -0.25) is 9.59 Å². The fourth-order valence-corrected chi connectivity index (χ4v) is 2.43. The van der Waals surface area contributed by atoms with E-state index in [0.717, 1.165) is 5.56 Å². The van der Waals surface area contributed by atoms with Gasteiger partial charge in [0.15, 0.2) is 5.78 Å². The SMILES string of the molecule is CC(=O)c1c(O)cccc1OCCCOc1ccc(CCC(=O)O)cc1. The van der Waals surface area contributed by atoms with Crippen LogP contribution in [-0.2, 0) is 11.2 Å². The van der Waals surface area contributed by atoms with Crippen LogP contribution < -0.4 is 9.47 Å². The van der Waals surface area contributed by atoms with Crippen LogP contribution in [0.1, 0.15) is 35.7 Å². The standard InChI is InChI=1S/C20H22O6/c1-14(21)20-17(22)4-2-5-18(20)26-13-3-12-25-16-9-6-15(7-10-16)8-11-19(23)24/h2,4-7,9-10,22H,3,8,11-13H2,1H3,(H,23,24). The third kappa shape index (κ3) is 5.81.